The Morgan fingerprint density at radius 3 is 2.96 bits per heavy atom. The molecule has 3 rings (SSSR count). The first-order valence-corrected chi connectivity index (χ1v) is 10.8. The molecule has 120 valence electrons. The van der Waals surface area contributed by atoms with E-state index in [-0.39, 0.29) is 5.12 Å². The lowest BCUT2D eigenvalue weighted by Gasteiger charge is -2.13. The van der Waals surface area contributed by atoms with Crippen LogP contribution in [-0.4, -0.2) is 21.9 Å². The molecule has 2 atom stereocenters. The average Bonchev–Trinajstić information content (AvgIpc) is 3.06. The number of carbonyl (C=O) groups excluding carboxylic acids is 1. The first-order valence-electron chi connectivity index (χ1n) is 7.82. The highest BCUT2D eigenvalue weighted by molar-refractivity contribution is 8.19. The van der Waals surface area contributed by atoms with Crippen LogP contribution >= 0.6 is 35.3 Å². The van der Waals surface area contributed by atoms with Gasteiger partial charge in [0.25, 0.3) is 0 Å². The van der Waals surface area contributed by atoms with Gasteiger partial charge in [-0.1, -0.05) is 60.8 Å². The molecule has 1 saturated heterocycles. The van der Waals surface area contributed by atoms with Crippen LogP contribution in [0.1, 0.15) is 23.0 Å². The fourth-order valence-electron chi connectivity index (χ4n) is 2.76. The van der Waals surface area contributed by atoms with Gasteiger partial charge in [0.15, 0.2) is 0 Å². The van der Waals surface area contributed by atoms with Gasteiger partial charge in [-0.2, -0.15) is 0 Å². The van der Waals surface area contributed by atoms with Gasteiger partial charge in [0.2, 0.25) is 5.12 Å². The van der Waals surface area contributed by atoms with Crippen LogP contribution in [0.2, 0.25) is 0 Å². The highest BCUT2D eigenvalue weighted by atomic mass is 32.2. The third-order valence-electron chi connectivity index (χ3n) is 3.91. The van der Waals surface area contributed by atoms with Crippen molar-refractivity contribution in [1.29, 1.82) is 0 Å². The SMILES string of the molecule is C=CC(=O)SCCCC1CS[C@H](c2cccc3ccccc23)S1. The monoisotopic (exact) mass is 360 g/mol. The van der Waals surface area contributed by atoms with E-state index >= 15 is 0 Å². The molecule has 0 radical (unpaired) electrons. The molecule has 1 nitrogen and oxygen atoms in total. The Morgan fingerprint density at radius 2 is 2.09 bits per heavy atom. The summed E-state index contributed by atoms with van der Waals surface area (Å²) in [5.41, 5.74) is 1.46. The van der Waals surface area contributed by atoms with Crippen LogP contribution in [0.3, 0.4) is 0 Å². The summed E-state index contributed by atoms with van der Waals surface area (Å²) in [5.74, 6) is 2.12. The summed E-state index contributed by atoms with van der Waals surface area (Å²) in [6, 6.07) is 15.3. The Balaban J connectivity index is 1.57. The summed E-state index contributed by atoms with van der Waals surface area (Å²) >= 11 is 5.54. The molecule has 1 fully saturated rings. The van der Waals surface area contributed by atoms with E-state index in [4.69, 9.17) is 0 Å². The zero-order valence-electron chi connectivity index (χ0n) is 12.9. The highest BCUT2D eigenvalue weighted by Gasteiger charge is 2.27. The van der Waals surface area contributed by atoms with Gasteiger partial charge < -0.3 is 0 Å². The summed E-state index contributed by atoms with van der Waals surface area (Å²) in [5, 5.41) is 3.50. The maximum Gasteiger partial charge on any atom is 0.211 e. The van der Waals surface area contributed by atoms with Gasteiger partial charge in [0, 0.05) is 16.8 Å². The minimum Gasteiger partial charge on any atom is -0.282 e. The average molecular weight is 361 g/mol. The highest BCUT2D eigenvalue weighted by Crippen LogP contribution is 2.51. The molecule has 0 N–H and O–H groups in total. The van der Waals surface area contributed by atoms with Crippen LogP contribution in [-0.2, 0) is 4.79 Å². The van der Waals surface area contributed by atoms with Gasteiger partial charge in [-0.15, -0.1) is 23.5 Å². The van der Waals surface area contributed by atoms with Gasteiger partial charge in [-0.05, 0) is 35.3 Å². The maximum atomic E-state index is 11.2. The second kappa shape index (κ2) is 8.32. The largest absolute Gasteiger partial charge is 0.282 e. The molecule has 2 aromatic rings. The maximum absolute atomic E-state index is 11.2. The first-order chi connectivity index (χ1) is 11.3. The lowest BCUT2D eigenvalue weighted by molar-refractivity contribution is -0.107. The number of rotatable bonds is 6. The normalized spacial score (nSPS) is 20.7. The van der Waals surface area contributed by atoms with Crippen LogP contribution in [0.25, 0.3) is 10.8 Å². The van der Waals surface area contributed by atoms with Crippen molar-refractivity contribution >= 4 is 51.2 Å². The molecular formula is C19H20OS3. The molecule has 1 unspecified atom stereocenters. The molecule has 23 heavy (non-hydrogen) atoms. The molecule has 1 aliphatic heterocycles. The lowest BCUT2D eigenvalue weighted by atomic mass is 10.1. The summed E-state index contributed by atoms with van der Waals surface area (Å²) in [4.78, 5) is 11.2. The number of hydrogen-bond acceptors (Lipinski definition) is 4. The molecule has 4 heteroatoms. The van der Waals surface area contributed by atoms with Crippen molar-refractivity contribution in [2.24, 2.45) is 0 Å². The van der Waals surface area contributed by atoms with E-state index in [2.05, 4.69) is 72.6 Å². The van der Waals surface area contributed by atoms with E-state index < -0.39 is 0 Å². The van der Waals surface area contributed by atoms with Crippen LogP contribution in [0.4, 0.5) is 0 Å². The van der Waals surface area contributed by atoms with Gasteiger partial charge in [-0.3, -0.25) is 4.79 Å². The first kappa shape index (κ1) is 17.0. The van der Waals surface area contributed by atoms with Gasteiger partial charge >= 0.3 is 0 Å². The van der Waals surface area contributed by atoms with Crippen molar-refractivity contribution in [3.8, 4) is 0 Å². The number of thioether (sulfide) groups is 3. The van der Waals surface area contributed by atoms with E-state index in [0.29, 0.717) is 9.83 Å². The van der Waals surface area contributed by atoms with Crippen molar-refractivity contribution in [2.75, 3.05) is 11.5 Å². The third-order valence-corrected chi connectivity index (χ3v) is 8.24. The molecule has 0 aliphatic carbocycles. The molecule has 0 spiro atoms. The zero-order valence-corrected chi connectivity index (χ0v) is 15.4. The molecular weight excluding hydrogens is 340 g/mol. The lowest BCUT2D eigenvalue weighted by Crippen LogP contribution is -2.01. The Hall–Kier alpha value is -0.840. The number of carbonyl (C=O) groups is 1. The molecule has 2 aromatic carbocycles. The predicted octanol–water partition coefficient (Wildman–Crippen LogP) is 5.91. The van der Waals surface area contributed by atoms with Crippen LogP contribution in [0.15, 0.2) is 55.1 Å². The summed E-state index contributed by atoms with van der Waals surface area (Å²) in [7, 11) is 0. The Labute approximate surface area is 150 Å². The molecule has 0 bridgehead atoms. The summed E-state index contributed by atoms with van der Waals surface area (Å²) in [6.07, 6.45) is 3.70. The smallest absolute Gasteiger partial charge is 0.211 e. The summed E-state index contributed by atoms with van der Waals surface area (Å²) < 4.78 is 0.536. The Bertz CT molecular complexity index is 693. The van der Waals surface area contributed by atoms with Crippen LogP contribution in [0.5, 0.6) is 0 Å². The third kappa shape index (κ3) is 4.37. The summed E-state index contributed by atoms with van der Waals surface area (Å²) in [6.45, 7) is 3.51. The van der Waals surface area contributed by atoms with Gasteiger partial charge in [0.05, 0.1) is 4.58 Å². The van der Waals surface area contributed by atoms with Crippen molar-refractivity contribution in [3.05, 3.63) is 60.7 Å². The van der Waals surface area contributed by atoms with Crippen molar-refractivity contribution < 1.29 is 4.79 Å². The molecule has 0 saturated carbocycles. The second-order valence-electron chi connectivity index (χ2n) is 5.51. The molecule has 0 amide bonds. The van der Waals surface area contributed by atoms with Crippen LogP contribution in [0, 0.1) is 0 Å². The fraction of sp³-hybridized carbons (Fsp3) is 0.316. The van der Waals surface area contributed by atoms with Crippen LogP contribution < -0.4 is 0 Å². The Kier molecular flexibility index (Phi) is 6.15. The topological polar surface area (TPSA) is 17.1 Å². The minimum absolute atomic E-state index is 0.0899. The van der Waals surface area contributed by atoms with Crippen molar-refractivity contribution in [1.82, 2.24) is 0 Å². The number of hydrogen-bond donors (Lipinski definition) is 0. The predicted molar refractivity (Wildman–Crippen MR) is 107 cm³/mol. The number of benzene rings is 2. The van der Waals surface area contributed by atoms with Crippen molar-refractivity contribution in [3.63, 3.8) is 0 Å². The molecule has 1 heterocycles. The van der Waals surface area contributed by atoms with E-state index in [1.807, 2.05) is 0 Å². The molecule has 0 aromatic heterocycles. The quantitative estimate of drug-likeness (QED) is 0.470. The minimum atomic E-state index is 0.0899. The second-order valence-corrected chi connectivity index (χ2v) is 9.45. The number of fused-ring (bicyclic) bond motifs is 1. The standard InChI is InChI=1S/C19H20OS3/c1-2-18(20)21-12-6-9-15-13-22-19(23-15)17-11-5-8-14-7-3-4-10-16(14)17/h2-5,7-8,10-11,15,19H,1,6,9,12-13H2/t15?,19-/m0/s1. The van der Waals surface area contributed by atoms with E-state index in [1.54, 1.807) is 0 Å². The van der Waals surface area contributed by atoms with E-state index in [0.717, 1.165) is 12.2 Å². The van der Waals surface area contributed by atoms with Crippen molar-refractivity contribution in [2.45, 2.75) is 22.7 Å². The Morgan fingerprint density at radius 1 is 1.26 bits per heavy atom. The van der Waals surface area contributed by atoms with Gasteiger partial charge in [0.1, 0.15) is 0 Å². The van der Waals surface area contributed by atoms with Gasteiger partial charge in [-0.25, -0.2) is 0 Å². The molecule has 1 aliphatic rings. The van der Waals surface area contributed by atoms with E-state index in [1.165, 1.54) is 46.3 Å². The van der Waals surface area contributed by atoms with E-state index in [9.17, 15) is 4.79 Å². The zero-order chi connectivity index (χ0) is 16.1. The fourth-order valence-corrected chi connectivity index (χ4v) is 6.91.